The fourth-order valence-corrected chi connectivity index (χ4v) is 4.17. The number of hydrogen-bond donors (Lipinski definition) is 3. The van der Waals surface area contributed by atoms with Crippen molar-refractivity contribution in [3.63, 3.8) is 0 Å². The van der Waals surface area contributed by atoms with Gasteiger partial charge in [0.2, 0.25) is 0 Å². The van der Waals surface area contributed by atoms with Crippen LogP contribution in [0, 0.1) is 5.92 Å². The quantitative estimate of drug-likeness (QED) is 0.394. The third-order valence-electron chi connectivity index (χ3n) is 5.53. The predicted octanol–water partition coefficient (Wildman–Crippen LogP) is 3.30. The highest BCUT2D eigenvalue weighted by Gasteiger charge is 2.47. The molecule has 4 nitrogen and oxygen atoms in total. The Kier molecular flexibility index (Phi) is 8.27. The number of benzene rings is 1. The van der Waals surface area contributed by atoms with Crippen molar-refractivity contribution in [2.45, 2.75) is 62.8 Å². The highest BCUT2D eigenvalue weighted by Crippen LogP contribution is 2.38. The third-order valence-corrected chi connectivity index (χ3v) is 6.12. The molecule has 2 rings (SSSR count). The molecule has 0 spiro atoms. The van der Waals surface area contributed by atoms with Gasteiger partial charge in [-0.3, -0.25) is 4.79 Å². The number of carbonyl (C=O) groups is 1. The number of carboxylic acids is 1. The third kappa shape index (κ3) is 5.62. The van der Waals surface area contributed by atoms with E-state index in [0.717, 1.165) is 57.0 Å². The first-order valence-electron chi connectivity index (χ1n) is 9.56. The lowest BCUT2D eigenvalue weighted by Crippen LogP contribution is -2.61. The molecule has 1 saturated carbocycles. The summed E-state index contributed by atoms with van der Waals surface area (Å²) >= 11 is 12.1. The Morgan fingerprint density at radius 1 is 1.31 bits per heavy atom. The largest absolute Gasteiger partial charge is 0.480 e. The molecule has 144 valence electrons. The second-order valence-corrected chi connectivity index (χ2v) is 8.30. The summed E-state index contributed by atoms with van der Waals surface area (Å²) in [7, 11) is 2.11. The molecule has 0 bridgehead atoms. The summed E-state index contributed by atoms with van der Waals surface area (Å²) in [5, 5.41) is 14.4. The number of carboxylic acid groups (broad SMARTS) is 1. The fraction of sp³-hybridized carbons (Fsp3) is 0.632. The lowest BCUT2D eigenvalue weighted by Gasteiger charge is -2.45. The lowest BCUT2D eigenvalue weighted by molar-refractivity contribution is -0.148. The van der Waals surface area contributed by atoms with Crippen LogP contribution in [0.15, 0.2) is 18.2 Å². The standard InChI is InChI=1S/C19H29BCl2N2O2/c20-8-2-1-7-19(23,18(25)26)14-10-16(11-14)24-9-3-4-13-5-6-15(21)12-17(13)22/h5-6,12,14,16,24H,1-4,7-11,20,23H2,(H,25,26)/t14-,16+,19?. The molecule has 0 amide bonds. The van der Waals surface area contributed by atoms with Crippen LogP contribution in [0.2, 0.25) is 16.4 Å². The lowest BCUT2D eigenvalue weighted by atomic mass is 9.66. The molecule has 26 heavy (non-hydrogen) atoms. The number of aryl methyl sites for hydroxylation is 1. The molecule has 1 aliphatic rings. The van der Waals surface area contributed by atoms with Crippen molar-refractivity contribution in [2.24, 2.45) is 11.7 Å². The highest BCUT2D eigenvalue weighted by atomic mass is 35.5. The zero-order chi connectivity index (χ0) is 19.2. The highest BCUT2D eigenvalue weighted by molar-refractivity contribution is 6.35. The van der Waals surface area contributed by atoms with Crippen LogP contribution in [-0.2, 0) is 11.2 Å². The molecule has 0 radical (unpaired) electrons. The maximum absolute atomic E-state index is 11.7. The van der Waals surface area contributed by atoms with Crippen molar-refractivity contribution >= 4 is 37.0 Å². The van der Waals surface area contributed by atoms with Gasteiger partial charge in [-0.15, -0.1) is 0 Å². The number of halogens is 2. The molecule has 1 unspecified atom stereocenters. The molecule has 0 saturated heterocycles. The predicted molar refractivity (Wildman–Crippen MR) is 111 cm³/mol. The van der Waals surface area contributed by atoms with E-state index in [1.54, 1.807) is 6.07 Å². The van der Waals surface area contributed by atoms with E-state index >= 15 is 0 Å². The van der Waals surface area contributed by atoms with Gasteiger partial charge in [0.25, 0.3) is 0 Å². The summed E-state index contributed by atoms with van der Waals surface area (Å²) in [5.74, 6) is -0.783. The molecule has 1 aromatic carbocycles. The van der Waals surface area contributed by atoms with E-state index in [0.29, 0.717) is 22.5 Å². The van der Waals surface area contributed by atoms with E-state index < -0.39 is 11.5 Å². The second kappa shape index (κ2) is 9.98. The smallest absolute Gasteiger partial charge is 0.323 e. The molecular weight excluding hydrogens is 370 g/mol. The van der Waals surface area contributed by atoms with Crippen LogP contribution < -0.4 is 11.1 Å². The zero-order valence-electron chi connectivity index (χ0n) is 15.4. The second-order valence-electron chi connectivity index (χ2n) is 7.46. The van der Waals surface area contributed by atoms with Crippen LogP contribution in [0.3, 0.4) is 0 Å². The van der Waals surface area contributed by atoms with Crippen LogP contribution in [0.25, 0.3) is 0 Å². The van der Waals surface area contributed by atoms with Crippen molar-refractivity contribution in [2.75, 3.05) is 6.54 Å². The van der Waals surface area contributed by atoms with Gasteiger partial charge in [-0.1, -0.05) is 48.4 Å². The van der Waals surface area contributed by atoms with E-state index in [1.165, 1.54) is 0 Å². The van der Waals surface area contributed by atoms with Crippen molar-refractivity contribution in [3.05, 3.63) is 33.8 Å². The van der Waals surface area contributed by atoms with Gasteiger partial charge < -0.3 is 16.2 Å². The number of nitrogens with one attached hydrogen (secondary N) is 1. The summed E-state index contributed by atoms with van der Waals surface area (Å²) in [5.41, 5.74) is 6.29. The average molecular weight is 399 g/mol. The minimum Gasteiger partial charge on any atom is -0.480 e. The minimum absolute atomic E-state index is 0.0695. The number of nitrogens with two attached hydrogens (primary N) is 1. The Balaban J connectivity index is 1.69. The molecule has 4 N–H and O–H groups in total. The van der Waals surface area contributed by atoms with Crippen LogP contribution in [-0.4, -0.2) is 37.0 Å². The van der Waals surface area contributed by atoms with Gasteiger partial charge >= 0.3 is 5.97 Å². The van der Waals surface area contributed by atoms with Gasteiger partial charge in [-0.25, -0.2) is 0 Å². The summed E-state index contributed by atoms with van der Waals surface area (Å²) in [6, 6.07) is 5.97. The topological polar surface area (TPSA) is 75.4 Å². The maximum Gasteiger partial charge on any atom is 0.323 e. The minimum atomic E-state index is -1.07. The summed E-state index contributed by atoms with van der Waals surface area (Å²) < 4.78 is 0. The van der Waals surface area contributed by atoms with E-state index in [1.807, 2.05) is 12.1 Å². The van der Waals surface area contributed by atoms with E-state index in [-0.39, 0.29) is 5.92 Å². The molecule has 0 aromatic heterocycles. The number of hydrogen-bond acceptors (Lipinski definition) is 3. The van der Waals surface area contributed by atoms with Gasteiger partial charge in [0.05, 0.1) is 0 Å². The first-order chi connectivity index (χ1) is 12.4. The van der Waals surface area contributed by atoms with Gasteiger partial charge in [-0.2, -0.15) is 0 Å². The molecule has 1 aliphatic carbocycles. The van der Waals surface area contributed by atoms with Crippen LogP contribution in [0.4, 0.5) is 0 Å². The number of unbranched alkanes of at least 4 members (excludes halogenated alkanes) is 1. The van der Waals surface area contributed by atoms with Crippen molar-refractivity contribution in [1.29, 1.82) is 0 Å². The Hall–Kier alpha value is -0.745. The van der Waals surface area contributed by atoms with E-state index in [4.69, 9.17) is 28.9 Å². The molecule has 1 fully saturated rings. The monoisotopic (exact) mass is 398 g/mol. The number of rotatable bonds is 11. The van der Waals surface area contributed by atoms with Gasteiger partial charge in [0, 0.05) is 16.1 Å². The Bertz CT molecular complexity index is 611. The molecule has 1 atom stereocenters. The fourth-order valence-electron chi connectivity index (χ4n) is 3.67. The van der Waals surface area contributed by atoms with Gasteiger partial charge in [-0.05, 0) is 62.3 Å². The normalized spacial score (nSPS) is 21.8. The molecule has 0 heterocycles. The SMILES string of the molecule is BCCCCC(N)(C(=O)O)[C@H]1C[C@@H](NCCCc2ccc(Cl)cc2Cl)C1. The summed E-state index contributed by atoms with van der Waals surface area (Å²) in [6.45, 7) is 0.886. The Morgan fingerprint density at radius 3 is 2.65 bits per heavy atom. The Labute approximate surface area is 167 Å². The van der Waals surface area contributed by atoms with Crippen molar-refractivity contribution < 1.29 is 9.90 Å². The van der Waals surface area contributed by atoms with Crippen molar-refractivity contribution in [1.82, 2.24) is 5.32 Å². The number of aliphatic carboxylic acids is 1. The Morgan fingerprint density at radius 2 is 2.04 bits per heavy atom. The summed E-state index contributed by atoms with van der Waals surface area (Å²) in [4.78, 5) is 11.7. The van der Waals surface area contributed by atoms with Gasteiger partial charge in [0.1, 0.15) is 13.4 Å². The zero-order valence-corrected chi connectivity index (χ0v) is 17.0. The van der Waals surface area contributed by atoms with E-state index in [9.17, 15) is 9.90 Å². The van der Waals surface area contributed by atoms with Crippen LogP contribution in [0.1, 0.15) is 44.1 Å². The van der Waals surface area contributed by atoms with Crippen LogP contribution in [0.5, 0.6) is 0 Å². The van der Waals surface area contributed by atoms with Crippen LogP contribution >= 0.6 is 23.2 Å². The molecular formula is C19H29BCl2N2O2. The van der Waals surface area contributed by atoms with Gasteiger partial charge in [0.15, 0.2) is 0 Å². The molecule has 7 heteroatoms. The molecule has 0 aliphatic heterocycles. The first kappa shape index (κ1) is 21.6. The molecule has 1 aromatic rings. The van der Waals surface area contributed by atoms with Crippen molar-refractivity contribution in [3.8, 4) is 0 Å². The van der Waals surface area contributed by atoms with E-state index in [2.05, 4.69) is 13.2 Å². The average Bonchev–Trinajstić information content (AvgIpc) is 2.54. The first-order valence-corrected chi connectivity index (χ1v) is 10.3. The maximum atomic E-state index is 11.7. The summed E-state index contributed by atoms with van der Waals surface area (Å²) in [6.07, 6.45) is 7.12.